The molecule has 5 aromatic carbocycles. The van der Waals surface area contributed by atoms with E-state index in [0.717, 1.165) is 53.3 Å². The highest BCUT2D eigenvalue weighted by Gasteiger charge is 2.41. The van der Waals surface area contributed by atoms with Crippen molar-refractivity contribution >= 4 is 40.8 Å². The van der Waals surface area contributed by atoms with Crippen molar-refractivity contribution in [2.75, 3.05) is 33.1 Å². The molecule has 2 aliphatic rings. The number of benzene rings is 5. The molecule has 0 fully saturated rings. The zero-order valence-electron chi connectivity index (χ0n) is 30.3. The number of methoxy groups -OCH3 is 2. The Balaban J connectivity index is 1.01. The molecule has 0 aromatic heterocycles. The van der Waals surface area contributed by atoms with Crippen LogP contribution >= 0.6 is 11.9 Å². The molecule has 1 N–H and O–H groups in total. The van der Waals surface area contributed by atoms with Gasteiger partial charge in [0.15, 0.2) is 11.5 Å². The third-order valence-electron chi connectivity index (χ3n) is 9.86. The average molecular weight is 782 g/mol. The summed E-state index contributed by atoms with van der Waals surface area (Å²) < 4.78 is 71.5. The third-order valence-corrected chi connectivity index (χ3v) is 10.6. The molecule has 2 aliphatic heterocycles. The lowest BCUT2D eigenvalue weighted by Gasteiger charge is -2.38. The van der Waals surface area contributed by atoms with Crippen molar-refractivity contribution in [2.24, 2.45) is 0 Å². The lowest BCUT2D eigenvalue weighted by molar-refractivity contribution is -0.136. The molecule has 286 valence electrons. The van der Waals surface area contributed by atoms with Gasteiger partial charge in [0, 0.05) is 47.7 Å². The zero-order valence-corrected chi connectivity index (χ0v) is 31.1. The van der Waals surface area contributed by atoms with Crippen molar-refractivity contribution in [3.8, 4) is 11.5 Å². The van der Waals surface area contributed by atoms with E-state index >= 15 is 0 Å². The summed E-state index contributed by atoms with van der Waals surface area (Å²) in [6, 6.07) is 25.4. The highest BCUT2D eigenvalue weighted by atomic mass is 32.2. The molecule has 0 saturated carbocycles. The first kappa shape index (κ1) is 38.4. The Morgan fingerprint density at radius 1 is 0.768 bits per heavy atom. The van der Waals surface area contributed by atoms with Crippen LogP contribution in [0, 0.1) is 23.3 Å². The first-order chi connectivity index (χ1) is 27.1. The normalized spacial score (nSPS) is 15.6. The summed E-state index contributed by atoms with van der Waals surface area (Å²) in [5.41, 5.74) is 2.48. The molecule has 8 nitrogen and oxygen atoms in total. The van der Waals surface area contributed by atoms with Crippen LogP contribution in [0.1, 0.15) is 49.8 Å². The molecule has 1 unspecified atom stereocenters. The van der Waals surface area contributed by atoms with Gasteiger partial charge < -0.3 is 9.47 Å². The van der Waals surface area contributed by atoms with Gasteiger partial charge in [-0.3, -0.25) is 28.9 Å². The van der Waals surface area contributed by atoms with Crippen LogP contribution in [0.5, 0.6) is 11.5 Å². The number of ether oxygens (including phenoxy) is 2. The van der Waals surface area contributed by atoms with Crippen LogP contribution in [0.15, 0.2) is 103 Å². The molecule has 0 bridgehead atoms. The Labute approximate surface area is 324 Å². The lowest BCUT2D eigenvalue weighted by atomic mass is 9.87. The monoisotopic (exact) mass is 781 g/mol. The molecule has 1 atom stereocenters. The Hall–Kier alpha value is -5.92. The summed E-state index contributed by atoms with van der Waals surface area (Å²) in [5, 5.41) is 0. The number of imide groups is 1. The predicted octanol–water partition coefficient (Wildman–Crippen LogP) is 7.77. The van der Waals surface area contributed by atoms with E-state index in [-0.39, 0.29) is 18.5 Å². The molecular formula is C43H35F4N3O5S. The van der Waals surface area contributed by atoms with E-state index in [9.17, 15) is 31.9 Å². The number of carbonyl (C=O) groups excluding carboxylic acids is 3. The van der Waals surface area contributed by atoms with Crippen LogP contribution in [-0.2, 0) is 22.6 Å². The molecule has 0 spiro atoms. The number of rotatable bonds is 12. The molecule has 5 aromatic rings. The maximum absolute atomic E-state index is 15.0. The largest absolute Gasteiger partial charge is 0.493 e. The first-order valence-corrected chi connectivity index (χ1v) is 18.6. The standard InChI is InChI=1S/C43H35F4N3O5S/c1-54-36-20-28-16-17-49(40(26-6-4-3-5-7-26)33(28)23-37(36)55-2)18-19-56-48-41(51)27-10-8-25(9-11-27)24-50-42(52)38(31-14-12-29(44)21-34(31)46)39(43(50)53)32-15-13-30(45)22-35(32)47/h3-15,20-23,40H,16-19,24H2,1-2H3,(H,48,51). The zero-order chi connectivity index (χ0) is 39.5. The van der Waals surface area contributed by atoms with Crippen LogP contribution in [0.4, 0.5) is 17.6 Å². The van der Waals surface area contributed by atoms with Gasteiger partial charge in [0.1, 0.15) is 23.3 Å². The third kappa shape index (κ3) is 7.64. The van der Waals surface area contributed by atoms with Crippen molar-refractivity contribution in [1.82, 2.24) is 14.5 Å². The van der Waals surface area contributed by atoms with Crippen molar-refractivity contribution in [1.29, 1.82) is 0 Å². The maximum Gasteiger partial charge on any atom is 0.262 e. The fourth-order valence-electron chi connectivity index (χ4n) is 7.15. The fourth-order valence-corrected chi connectivity index (χ4v) is 7.83. The lowest BCUT2D eigenvalue weighted by Crippen LogP contribution is -2.38. The Bertz CT molecular complexity index is 2280. The van der Waals surface area contributed by atoms with Crippen molar-refractivity contribution in [3.63, 3.8) is 0 Å². The predicted molar refractivity (Wildman–Crippen MR) is 205 cm³/mol. The second kappa shape index (κ2) is 16.4. The second-order valence-corrected chi connectivity index (χ2v) is 14.1. The summed E-state index contributed by atoms with van der Waals surface area (Å²) in [6.45, 7) is 1.18. The van der Waals surface area contributed by atoms with Crippen LogP contribution in [-0.4, -0.2) is 60.6 Å². The molecule has 0 saturated heterocycles. The summed E-state index contributed by atoms with van der Waals surface area (Å²) in [5.74, 6) is -4.37. The number of carbonyl (C=O) groups is 3. The van der Waals surface area contributed by atoms with Gasteiger partial charge in [-0.1, -0.05) is 42.5 Å². The van der Waals surface area contributed by atoms with E-state index < -0.39 is 57.4 Å². The number of amides is 3. The SMILES string of the molecule is COc1cc2c(cc1OC)C(c1ccccc1)N(CCSNC(=O)c1ccc(CN3C(=O)C(c4ccc(F)cc4F)=C(c4ccc(F)cc4F)C3=O)cc1)CC2. The van der Waals surface area contributed by atoms with Crippen LogP contribution < -0.4 is 14.2 Å². The van der Waals surface area contributed by atoms with Crippen molar-refractivity contribution < 1.29 is 41.4 Å². The molecule has 0 aliphatic carbocycles. The molecule has 7 rings (SSSR count). The van der Waals surface area contributed by atoms with Gasteiger partial charge in [0.25, 0.3) is 17.7 Å². The first-order valence-electron chi connectivity index (χ1n) is 17.6. The summed E-state index contributed by atoms with van der Waals surface area (Å²) in [6.07, 6.45) is 0.821. The highest BCUT2D eigenvalue weighted by molar-refractivity contribution is 7.97. The smallest absolute Gasteiger partial charge is 0.262 e. The van der Waals surface area contributed by atoms with E-state index in [2.05, 4.69) is 21.8 Å². The van der Waals surface area contributed by atoms with Gasteiger partial charge in [-0.25, -0.2) is 17.6 Å². The number of nitrogens with one attached hydrogen (secondary N) is 1. The molecule has 13 heteroatoms. The quantitative estimate of drug-likeness (QED) is 0.0600. The summed E-state index contributed by atoms with van der Waals surface area (Å²) in [7, 11) is 3.24. The van der Waals surface area contributed by atoms with Gasteiger partial charge in [-0.15, -0.1) is 0 Å². The number of hydrogen-bond acceptors (Lipinski definition) is 7. The highest BCUT2D eigenvalue weighted by Crippen LogP contribution is 2.41. The van der Waals surface area contributed by atoms with E-state index in [1.54, 1.807) is 38.5 Å². The van der Waals surface area contributed by atoms with Crippen LogP contribution in [0.2, 0.25) is 0 Å². The average Bonchev–Trinajstić information content (AvgIpc) is 3.43. The van der Waals surface area contributed by atoms with E-state index in [4.69, 9.17) is 9.47 Å². The molecule has 56 heavy (non-hydrogen) atoms. The topological polar surface area (TPSA) is 88.2 Å². The van der Waals surface area contributed by atoms with Crippen molar-refractivity contribution in [3.05, 3.63) is 165 Å². The minimum Gasteiger partial charge on any atom is -0.493 e. The van der Waals surface area contributed by atoms with Gasteiger partial charge in [0.2, 0.25) is 0 Å². The van der Waals surface area contributed by atoms with Crippen LogP contribution in [0.3, 0.4) is 0 Å². The van der Waals surface area contributed by atoms with E-state index in [0.29, 0.717) is 47.1 Å². The maximum atomic E-state index is 15.0. The number of nitrogens with zero attached hydrogens (tertiary/aromatic N) is 2. The van der Waals surface area contributed by atoms with Crippen LogP contribution in [0.25, 0.3) is 11.1 Å². The van der Waals surface area contributed by atoms with E-state index in [1.165, 1.54) is 17.5 Å². The van der Waals surface area contributed by atoms with Gasteiger partial charge in [-0.2, -0.15) is 0 Å². The summed E-state index contributed by atoms with van der Waals surface area (Å²) in [4.78, 5) is 43.7. The molecule has 2 heterocycles. The Kier molecular flexibility index (Phi) is 11.3. The van der Waals surface area contributed by atoms with Gasteiger partial charge in [-0.05, 0) is 89.2 Å². The number of hydrogen-bond donors (Lipinski definition) is 1. The minimum absolute atomic E-state index is 0.0234. The number of halogens is 4. The Morgan fingerprint density at radius 3 is 1.93 bits per heavy atom. The number of fused-ring (bicyclic) bond motifs is 1. The van der Waals surface area contributed by atoms with Gasteiger partial charge >= 0.3 is 0 Å². The molecule has 0 radical (unpaired) electrons. The molecule has 3 amide bonds. The van der Waals surface area contributed by atoms with Crippen molar-refractivity contribution in [2.45, 2.75) is 19.0 Å². The van der Waals surface area contributed by atoms with Gasteiger partial charge in [0.05, 0.1) is 38.0 Å². The fraction of sp³-hybridized carbons (Fsp3) is 0.186. The van der Waals surface area contributed by atoms with E-state index in [1.807, 2.05) is 30.3 Å². The minimum atomic E-state index is -1.13. The molecular weight excluding hydrogens is 747 g/mol. The summed E-state index contributed by atoms with van der Waals surface area (Å²) >= 11 is 1.28. The Morgan fingerprint density at radius 2 is 1.36 bits per heavy atom. The second-order valence-electron chi connectivity index (χ2n) is 13.2.